The topological polar surface area (TPSA) is 160 Å². The highest BCUT2D eigenvalue weighted by Crippen LogP contribution is 2.40. The highest BCUT2D eigenvalue weighted by atomic mass is 32.1. The summed E-state index contributed by atoms with van der Waals surface area (Å²) in [6.07, 6.45) is -2.12. The maximum absolute atomic E-state index is 14.0. The Morgan fingerprint density at radius 2 is 1.57 bits per heavy atom. The van der Waals surface area contributed by atoms with Crippen LogP contribution in [0, 0.1) is 23.7 Å². The van der Waals surface area contributed by atoms with E-state index in [1.807, 2.05) is 101 Å². The van der Waals surface area contributed by atoms with Crippen molar-refractivity contribution in [2.24, 2.45) is 5.41 Å². The zero-order chi connectivity index (χ0) is 52.1. The Labute approximate surface area is 427 Å². The molecule has 378 valence electrons. The lowest BCUT2D eigenvalue weighted by molar-refractivity contribution is -0.144. The van der Waals surface area contributed by atoms with Crippen LogP contribution < -0.4 is 25.8 Å². The summed E-state index contributed by atoms with van der Waals surface area (Å²) in [5, 5.41) is 18.7. The third-order valence-electron chi connectivity index (χ3n) is 13.0. The monoisotopic (exact) mass is 1020 g/mol. The number of carbonyl (C=O) groups excluding carboxylic acids is 4. The Kier molecular flexibility index (Phi) is 16.2. The molecule has 7 rings (SSSR count). The summed E-state index contributed by atoms with van der Waals surface area (Å²) in [5.74, 6) is -1.42. The first-order valence-corrected chi connectivity index (χ1v) is 25.1. The lowest BCUT2D eigenvalue weighted by Gasteiger charge is -2.35. The molecule has 1 aromatic heterocycles. The van der Waals surface area contributed by atoms with Gasteiger partial charge in [0.1, 0.15) is 24.2 Å². The van der Waals surface area contributed by atoms with Gasteiger partial charge in [-0.1, -0.05) is 69.3 Å². The molecule has 2 saturated heterocycles. The lowest BCUT2D eigenvalue weighted by atomic mass is 9.85. The molecule has 2 aliphatic heterocycles. The number of unbranched alkanes of at least 4 members (excludes halogenated alkanes) is 1. The van der Waals surface area contributed by atoms with Crippen molar-refractivity contribution in [1.29, 1.82) is 5.26 Å². The molecule has 3 heterocycles. The van der Waals surface area contributed by atoms with Crippen molar-refractivity contribution in [3.8, 4) is 27.6 Å². The second kappa shape index (κ2) is 22.0. The molecular weight excluding hydrogens is 962 g/mol. The van der Waals surface area contributed by atoms with Gasteiger partial charge in [-0.3, -0.25) is 24.1 Å². The van der Waals surface area contributed by atoms with E-state index in [9.17, 15) is 37.6 Å². The molecule has 72 heavy (non-hydrogen) atoms. The number of hydrogen-bond acceptors (Lipinski definition) is 10. The minimum Gasteiger partial charge on any atom is -0.385 e. The fourth-order valence-electron chi connectivity index (χ4n) is 8.98. The lowest BCUT2D eigenvalue weighted by Crippen LogP contribution is -2.58. The molecule has 0 bridgehead atoms. The summed E-state index contributed by atoms with van der Waals surface area (Å²) in [6, 6.07) is 26.2. The maximum Gasteiger partial charge on any atom is 0.417 e. The number of halogens is 3. The Balaban J connectivity index is 0.839. The molecule has 4 amide bonds. The number of rotatable bonds is 17. The molecule has 2 fully saturated rings. The maximum atomic E-state index is 14.0. The summed E-state index contributed by atoms with van der Waals surface area (Å²) < 4.78 is 47.0. The third kappa shape index (κ3) is 11.8. The number of nitrogens with zero attached hydrogens (tertiary/aromatic N) is 5. The Bertz CT molecular complexity index is 2840. The van der Waals surface area contributed by atoms with Crippen molar-refractivity contribution >= 4 is 69.4 Å². The van der Waals surface area contributed by atoms with E-state index < -0.39 is 52.2 Å². The number of aryl methyl sites for hydroxylation is 1. The standard InChI is InChI=1S/C54H59F3N8O5S2/c1-33(35-12-14-38(15-13-35)46-34(2)60-32-72-46)61-48(67)44-11-10-27-63(44)49(68)47(52(3,4)5)62-45(66)31-70-28-9-8-26-59-40-21-16-36(17-22-40)37-18-23-41(24-19-37)65-51(71)64(50(69)53(65,6)7)42-25-20-39(30-58)43(29-42)54(55,56)57/h12-25,29,32-33,44,47,59H,8-11,26-28,31H2,1-7H3,(H,61,67)(H,62,66)/t33-,44-,47?/m0/s1. The molecule has 0 saturated carbocycles. The molecule has 5 aromatic rings. The smallest absolute Gasteiger partial charge is 0.385 e. The van der Waals surface area contributed by atoms with Gasteiger partial charge in [0.05, 0.1) is 45.0 Å². The number of amides is 4. The van der Waals surface area contributed by atoms with Gasteiger partial charge in [0.25, 0.3) is 5.91 Å². The fraction of sp³-hybridized carbons (Fsp3) is 0.389. The minimum absolute atomic E-state index is 0.0177. The van der Waals surface area contributed by atoms with Crippen LogP contribution in [0.2, 0.25) is 0 Å². The third-order valence-corrected chi connectivity index (χ3v) is 14.4. The number of nitrogens with one attached hydrogen (secondary N) is 3. The van der Waals surface area contributed by atoms with Gasteiger partial charge in [-0.05, 0) is 136 Å². The minimum atomic E-state index is -4.80. The van der Waals surface area contributed by atoms with Gasteiger partial charge in [-0.15, -0.1) is 11.3 Å². The van der Waals surface area contributed by atoms with Gasteiger partial charge >= 0.3 is 6.18 Å². The van der Waals surface area contributed by atoms with Crippen molar-refractivity contribution in [3.05, 3.63) is 119 Å². The number of nitriles is 1. The van der Waals surface area contributed by atoms with E-state index in [4.69, 9.17) is 17.0 Å². The van der Waals surface area contributed by atoms with E-state index in [0.29, 0.717) is 44.6 Å². The van der Waals surface area contributed by atoms with Crippen LogP contribution in [-0.4, -0.2) is 82.6 Å². The zero-order valence-electron chi connectivity index (χ0n) is 41.4. The van der Waals surface area contributed by atoms with Crippen LogP contribution in [-0.2, 0) is 30.1 Å². The number of carbonyl (C=O) groups is 4. The van der Waals surface area contributed by atoms with Crippen LogP contribution in [0.5, 0.6) is 0 Å². The highest BCUT2D eigenvalue weighted by molar-refractivity contribution is 7.81. The molecule has 0 aliphatic carbocycles. The van der Waals surface area contributed by atoms with E-state index in [0.717, 1.165) is 62.0 Å². The summed E-state index contributed by atoms with van der Waals surface area (Å²) >= 11 is 7.27. The van der Waals surface area contributed by atoms with Gasteiger partial charge in [-0.25, -0.2) is 4.98 Å². The normalized spacial score (nSPS) is 16.6. The number of thiazole rings is 1. The predicted octanol–water partition coefficient (Wildman–Crippen LogP) is 10.2. The Hall–Kier alpha value is -6.68. The van der Waals surface area contributed by atoms with Crippen molar-refractivity contribution in [2.75, 3.05) is 41.4 Å². The Morgan fingerprint density at radius 1 is 0.931 bits per heavy atom. The summed E-state index contributed by atoms with van der Waals surface area (Å²) in [6.45, 7) is 14.1. The van der Waals surface area contributed by atoms with Crippen LogP contribution in [0.15, 0.2) is 96.5 Å². The molecule has 0 radical (unpaired) electrons. The first kappa shape index (κ1) is 53.1. The molecular formula is C54H59F3N8O5S2. The summed E-state index contributed by atoms with van der Waals surface area (Å²) in [7, 11) is 0. The highest BCUT2D eigenvalue weighted by Gasteiger charge is 2.51. The SMILES string of the molecule is Cc1ncsc1-c1ccc([C@H](C)NC(=O)[C@@H]2CCCN2C(=O)C(NC(=O)COCCCCNc2ccc(-c3ccc(N4C(=S)N(c5ccc(C#N)c(C(F)(F)F)c5)C(=O)C4(C)C)cc3)cc2)C(C)(C)C)cc1. The second-order valence-electron chi connectivity index (χ2n) is 19.6. The quantitative estimate of drug-likeness (QED) is 0.0604. The summed E-state index contributed by atoms with van der Waals surface area (Å²) in [4.78, 5) is 64.2. The van der Waals surface area contributed by atoms with Crippen molar-refractivity contribution in [3.63, 3.8) is 0 Å². The number of ether oxygens (including phenoxy) is 1. The largest absolute Gasteiger partial charge is 0.417 e. The van der Waals surface area contributed by atoms with Crippen LogP contribution in [0.4, 0.5) is 30.2 Å². The molecule has 0 spiro atoms. The molecule has 13 nitrogen and oxygen atoms in total. The van der Waals surface area contributed by atoms with E-state index in [-0.39, 0.29) is 35.3 Å². The average molecular weight is 1020 g/mol. The van der Waals surface area contributed by atoms with Crippen molar-refractivity contribution in [1.82, 2.24) is 20.5 Å². The van der Waals surface area contributed by atoms with E-state index in [1.54, 1.807) is 53.2 Å². The van der Waals surface area contributed by atoms with Crippen LogP contribution >= 0.6 is 23.6 Å². The Morgan fingerprint density at radius 3 is 2.18 bits per heavy atom. The van der Waals surface area contributed by atoms with E-state index >= 15 is 0 Å². The second-order valence-corrected chi connectivity index (χ2v) is 20.9. The first-order valence-electron chi connectivity index (χ1n) is 23.8. The molecule has 3 N–H and O–H groups in total. The molecule has 3 atom stereocenters. The molecule has 18 heteroatoms. The molecule has 4 aromatic carbocycles. The number of anilines is 3. The van der Waals surface area contributed by atoms with Gasteiger partial charge in [-0.2, -0.15) is 18.4 Å². The van der Waals surface area contributed by atoms with E-state index in [1.165, 1.54) is 6.07 Å². The number of aromatic nitrogens is 1. The van der Waals surface area contributed by atoms with Gasteiger partial charge in [0.2, 0.25) is 17.7 Å². The molecule has 1 unspecified atom stereocenters. The molecule has 2 aliphatic rings. The van der Waals surface area contributed by atoms with Crippen molar-refractivity contribution < 1.29 is 37.1 Å². The average Bonchev–Trinajstić information content (AvgIpc) is 4.06. The number of likely N-dealkylation sites (tertiary alicyclic amines) is 1. The van der Waals surface area contributed by atoms with E-state index in [2.05, 4.69) is 20.9 Å². The van der Waals surface area contributed by atoms with Gasteiger partial charge in [0.15, 0.2) is 5.11 Å². The fourth-order valence-corrected chi connectivity index (χ4v) is 10.3. The zero-order valence-corrected chi connectivity index (χ0v) is 43.0. The van der Waals surface area contributed by atoms with Crippen LogP contribution in [0.25, 0.3) is 21.6 Å². The summed E-state index contributed by atoms with van der Waals surface area (Å²) in [5.41, 5.74) is 4.54. The first-order chi connectivity index (χ1) is 34.1. The number of benzene rings is 4. The number of alkyl halides is 3. The predicted molar refractivity (Wildman–Crippen MR) is 278 cm³/mol. The van der Waals surface area contributed by atoms with Crippen LogP contribution in [0.1, 0.15) is 95.7 Å². The van der Waals surface area contributed by atoms with Gasteiger partial charge < -0.3 is 30.5 Å². The van der Waals surface area contributed by atoms with Crippen LogP contribution in [0.3, 0.4) is 0 Å². The van der Waals surface area contributed by atoms with Gasteiger partial charge in [0, 0.05) is 31.1 Å². The number of thiocarbonyl (C=S) groups is 1. The van der Waals surface area contributed by atoms with Crippen molar-refractivity contribution in [2.45, 2.75) is 104 Å². The number of hydrogen-bond donors (Lipinski definition) is 3.